The molecule has 3 aromatic rings. The standard InChI is InChI=1S/C21H20N4O8/c1-4-32-20(27)12(2)33-18-16(25(29)30)9-13(10-17(18)31-3)11-22-24-19(26)14-7-5-6-8-15(14)23-21(24)28/h5-12H,4H2,1-3H3,(H,23,28)/t12-/m1/s1. The van der Waals surface area contributed by atoms with Crippen molar-refractivity contribution >= 4 is 28.8 Å². The monoisotopic (exact) mass is 456 g/mol. The molecule has 12 heteroatoms. The van der Waals surface area contributed by atoms with Gasteiger partial charge in [0.15, 0.2) is 11.9 Å². The second-order valence-electron chi connectivity index (χ2n) is 6.68. The zero-order valence-corrected chi connectivity index (χ0v) is 17.9. The number of nitro benzene ring substituents is 1. The molecule has 0 unspecified atom stereocenters. The van der Waals surface area contributed by atoms with Gasteiger partial charge >= 0.3 is 17.3 Å². The van der Waals surface area contributed by atoms with Crippen LogP contribution in [-0.4, -0.2) is 46.6 Å². The number of nitro groups is 1. The molecule has 12 nitrogen and oxygen atoms in total. The van der Waals surface area contributed by atoms with Crippen LogP contribution in [0, 0.1) is 10.1 Å². The molecule has 1 atom stereocenters. The molecule has 0 aliphatic carbocycles. The molecule has 1 aromatic heterocycles. The van der Waals surface area contributed by atoms with Gasteiger partial charge < -0.3 is 19.2 Å². The van der Waals surface area contributed by atoms with Gasteiger partial charge in [-0.1, -0.05) is 12.1 Å². The maximum atomic E-state index is 12.6. The van der Waals surface area contributed by atoms with E-state index in [1.54, 1.807) is 25.1 Å². The number of esters is 1. The fourth-order valence-electron chi connectivity index (χ4n) is 2.96. The van der Waals surface area contributed by atoms with E-state index in [0.717, 1.165) is 12.3 Å². The van der Waals surface area contributed by atoms with Gasteiger partial charge in [0.25, 0.3) is 5.56 Å². The Morgan fingerprint density at radius 3 is 2.70 bits per heavy atom. The normalized spacial score (nSPS) is 12.0. The number of nitrogens with zero attached hydrogens (tertiary/aromatic N) is 3. The number of H-pyrrole nitrogens is 1. The number of hydrogen-bond donors (Lipinski definition) is 1. The zero-order valence-electron chi connectivity index (χ0n) is 17.9. The summed E-state index contributed by atoms with van der Waals surface area (Å²) in [7, 11) is 1.26. The summed E-state index contributed by atoms with van der Waals surface area (Å²) in [6.07, 6.45) is -0.0359. The van der Waals surface area contributed by atoms with E-state index in [1.807, 2.05) is 0 Å². The smallest absolute Gasteiger partial charge is 0.349 e. The lowest BCUT2D eigenvalue weighted by molar-refractivity contribution is -0.386. The number of carbonyl (C=O) groups excluding carboxylic acids is 1. The SMILES string of the molecule is CCOC(=O)[C@@H](C)Oc1c(OC)cc(C=Nn2c(=O)[nH]c3ccccc3c2=O)cc1[N+](=O)[O-]. The summed E-state index contributed by atoms with van der Waals surface area (Å²) in [5, 5.41) is 15.8. The van der Waals surface area contributed by atoms with E-state index >= 15 is 0 Å². The lowest BCUT2D eigenvalue weighted by Crippen LogP contribution is -2.32. The highest BCUT2D eigenvalue weighted by Gasteiger charge is 2.27. The summed E-state index contributed by atoms with van der Waals surface area (Å²) in [4.78, 5) is 50.2. The predicted molar refractivity (Wildman–Crippen MR) is 118 cm³/mol. The largest absolute Gasteiger partial charge is 0.493 e. The molecule has 0 aliphatic rings. The number of aromatic amines is 1. The molecule has 33 heavy (non-hydrogen) atoms. The van der Waals surface area contributed by atoms with Crippen LogP contribution in [0.5, 0.6) is 11.5 Å². The summed E-state index contributed by atoms with van der Waals surface area (Å²) >= 11 is 0. The predicted octanol–water partition coefficient (Wildman–Crippen LogP) is 1.82. The number of para-hydroxylation sites is 1. The van der Waals surface area contributed by atoms with Crippen LogP contribution >= 0.6 is 0 Å². The van der Waals surface area contributed by atoms with Crippen molar-refractivity contribution in [1.82, 2.24) is 9.66 Å². The molecular weight excluding hydrogens is 436 g/mol. The quantitative estimate of drug-likeness (QED) is 0.233. The first-order valence-electron chi connectivity index (χ1n) is 9.75. The number of carbonyl (C=O) groups is 1. The Labute approximate surface area is 186 Å². The van der Waals surface area contributed by atoms with Crippen LogP contribution < -0.4 is 20.7 Å². The number of aromatic nitrogens is 2. The lowest BCUT2D eigenvalue weighted by Gasteiger charge is -2.16. The highest BCUT2D eigenvalue weighted by atomic mass is 16.6. The van der Waals surface area contributed by atoms with E-state index in [0.29, 0.717) is 10.2 Å². The van der Waals surface area contributed by atoms with Crippen LogP contribution in [-0.2, 0) is 9.53 Å². The van der Waals surface area contributed by atoms with Gasteiger partial charge in [0.1, 0.15) is 0 Å². The third-order valence-corrected chi connectivity index (χ3v) is 4.49. The molecule has 0 saturated carbocycles. The van der Waals surface area contributed by atoms with Crippen molar-refractivity contribution in [2.45, 2.75) is 20.0 Å². The van der Waals surface area contributed by atoms with Gasteiger partial charge in [-0.25, -0.2) is 9.59 Å². The first-order chi connectivity index (χ1) is 15.8. The van der Waals surface area contributed by atoms with E-state index in [2.05, 4.69) is 10.1 Å². The summed E-state index contributed by atoms with van der Waals surface area (Å²) in [6.45, 7) is 3.12. The molecule has 2 aromatic carbocycles. The number of ether oxygens (including phenoxy) is 3. The Morgan fingerprint density at radius 1 is 1.30 bits per heavy atom. The Kier molecular flexibility index (Phi) is 6.86. The van der Waals surface area contributed by atoms with E-state index in [-0.39, 0.29) is 29.1 Å². The van der Waals surface area contributed by atoms with E-state index in [9.17, 15) is 24.5 Å². The van der Waals surface area contributed by atoms with Gasteiger partial charge in [0, 0.05) is 11.6 Å². The Hall–Kier alpha value is -4.48. The van der Waals surface area contributed by atoms with Gasteiger partial charge in [0.2, 0.25) is 5.75 Å². The first kappa shape index (κ1) is 23.2. The van der Waals surface area contributed by atoms with Crippen molar-refractivity contribution in [2.24, 2.45) is 5.10 Å². The molecule has 172 valence electrons. The van der Waals surface area contributed by atoms with Crippen molar-refractivity contribution in [3.05, 3.63) is 72.9 Å². The molecule has 1 heterocycles. The summed E-state index contributed by atoms with van der Waals surface area (Å²) < 4.78 is 16.1. The topological polar surface area (TPSA) is 155 Å². The fraction of sp³-hybridized carbons (Fsp3) is 0.238. The van der Waals surface area contributed by atoms with Crippen molar-refractivity contribution in [3.8, 4) is 11.5 Å². The minimum atomic E-state index is -1.13. The second-order valence-corrected chi connectivity index (χ2v) is 6.68. The lowest BCUT2D eigenvalue weighted by atomic mass is 10.2. The number of benzene rings is 2. The summed E-state index contributed by atoms with van der Waals surface area (Å²) in [5.74, 6) is -1.03. The third-order valence-electron chi connectivity index (χ3n) is 4.49. The van der Waals surface area contributed by atoms with Gasteiger partial charge in [-0.2, -0.15) is 5.10 Å². The van der Waals surface area contributed by atoms with Crippen LogP contribution in [0.25, 0.3) is 10.9 Å². The van der Waals surface area contributed by atoms with Crippen molar-refractivity contribution < 1.29 is 23.9 Å². The van der Waals surface area contributed by atoms with E-state index in [1.165, 1.54) is 26.2 Å². The molecule has 0 saturated heterocycles. The van der Waals surface area contributed by atoms with Crippen LogP contribution in [0.2, 0.25) is 0 Å². The van der Waals surface area contributed by atoms with Crippen molar-refractivity contribution in [1.29, 1.82) is 0 Å². The number of rotatable bonds is 8. The Bertz CT molecular complexity index is 1360. The second kappa shape index (κ2) is 9.77. The van der Waals surface area contributed by atoms with E-state index in [4.69, 9.17) is 14.2 Å². The number of hydrogen-bond acceptors (Lipinski definition) is 9. The average Bonchev–Trinajstić information content (AvgIpc) is 2.79. The maximum Gasteiger partial charge on any atom is 0.349 e. The first-order valence-corrected chi connectivity index (χ1v) is 9.75. The van der Waals surface area contributed by atoms with Crippen molar-refractivity contribution in [3.63, 3.8) is 0 Å². The van der Waals surface area contributed by atoms with Crippen molar-refractivity contribution in [2.75, 3.05) is 13.7 Å². The Morgan fingerprint density at radius 2 is 2.03 bits per heavy atom. The van der Waals surface area contributed by atoms with Gasteiger partial charge in [-0.3, -0.25) is 14.9 Å². The third kappa shape index (κ3) is 4.89. The summed E-state index contributed by atoms with van der Waals surface area (Å²) in [5.41, 5.74) is -1.44. The average molecular weight is 456 g/mol. The molecule has 0 fully saturated rings. The molecule has 3 rings (SSSR count). The maximum absolute atomic E-state index is 12.6. The number of fused-ring (bicyclic) bond motifs is 1. The molecule has 0 amide bonds. The van der Waals surface area contributed by atoms with Gasteiger partial charge in [-0.15, -0.1) is 4.68 Å². The molecule has 0 aliphatic heterocycles. The molecule has 0 radical (unpaired) electrons. The van der Waals surface area contributed by atoms with Crippen LogP contribution in [0.1, 0.15) is 19.4 Å². The molecule has 0 spiro atoms. The highest BCUT2D eigenvalue weighted by molar-refractivity contribution is 5.84. The van der Waals surface area contributed by atoms with Gasteiger partial charge in [0.05, 0.1) is 35.8 Å². The van der Waals surface area contributed by atoms with Gasteiger partial charge in [-0.05, 0) is 32.0 Å². The minimum absolute atomic E-state index is 0.0541. The molecule has 0 bridgehead atoms. The highest BCUT2D eigenvalue weighted by Crippen LogP contribution is 2.38. The van der Waals surface area contributed by atoms with E-state index < -0.39 is 33.9 Å². The molecular formula is C21H20N4O8. The Balaban J connectivity index is 2.04. The number of nitrogens with one attached hydrogen (secondary N) is 1. The van der Waals surface area contributed by atoms with Crippen LogP contribution in [0.4, 0.5) is 5.69 Å². The zero-order chi connectivity index (χ0) is 24.1. The van der Waals surface area contributed by atoms with Crippen LogP contribution in [0.15, 0.2) is 51.1 Å². The fourth-order valence-corrected chi connectivity index (χ4v) is 2.96. The number of methoxy groups -OCH3 is 1. The molecule has 1 N–H and O–H groups in total. The van der Waals surface area contributed by atoms with Crippen LogP contribution in [0.3, 0.4) is 0 Å². The summed E-state index contributed by atoms with van der Waals surface area (Å²) in [6, 6.07) is 8.88. The minimum Gasteiger partial charge on any atom is -0.493 e.